The van der Waals surface area contributed by atoms with Crippen LogP contribution in [0.2, 0.25) is 0 Å². The topological polar surface area (TPSA) is 44.5 Å². The normalized spacial score (nSPS) is 20.4. The van der Waals surface area contributed by atoms with Crippen molar-refractivity contribution in [3.8, 4) is 5.75 Å². The maximum Gasteiger partial charge on any atom is 0.120 e. The molecule has 0 aromatic heterocycles. The molecule has 88 valence electrons. The van der Waals surface area contributed by atoms with Gasteiger partial charge in [0, 0.05) is 0 Å². The van der Waals surface area contributed by atoms with Crippen LogP contribution in [0.4, 0.5) is 0 Å². The quantitative estimate of drug-likeness (QED) is 0.831. The Labute approximate surface area is 96.5 Å². The van der Waals surface area contributed by atoms with Crippen LogP contribution in [0.1, 0.15) is 31.0 Å². The highest BCUT2D eigenvalue weighted by Gasteiger charge is 2.16. The van der Waals surface area contributed by atoms with Crippen molar-refractivity contribution in [2.75, 3.05) is 13.2 Å². The number of fused-ring (bicyclic) bond motifs is 1. The van der Waals surface area contributed by atoms with Gasteiger partial charge < -0.3 is 15.2 Å². The first-order valence-corrected chi connectivity index (χ1v) is 5.79. The summed E-state index contributed by atoms with van der Waals surface area (Å²) in [7, 11) is 0. The second kappa shape index (κ2) is 4.85. The minimum Gasteiger partial charge on any atom is -0.491 e. The summed E-state index contributed by atoms with van der Waals surface area (Å²) in [5.41, 5.74) is 8.51. The lowest BCUT2D eigenvalue weighted by atomic mass is 10.00. The Kier molecular flexibility index (Phi) is 3.46. The van der Waals surface area contributed by atoms with Crippen molar-refractivity contribution in [2.24, 2.45) is 5.73 Å². The standard InChI is InChI=1S/C13H19NO2/c1-9(2)16-11-4-3-10-5-6-15-8-13(14)12(10)7-11/h3-4,7,9,13H,5-6,8,14H2,1-2H3. The molecule has 3 heteroatoms. The Balaban J connectivity index is 2.28. The van der Waals surface area contributed by atoms with Gasteiger partial charge in [0.1, 0.15) is 5.75 Å². The van der Waals surface area contributed by atoms with E-state index in [1.165, 1.54) is 5.56 Å². The number of hydrogen-bond acceptors (Lipinski definition) is 3. The number of ether oxygens (including phenoxy) is 2. The molecule has 0 radical (unpaired) electrons. The third-order valence-corrected chi connectivity index (χ3v) is 2.70. The van der Waals surface area contributed by atoms with Crippen LogP contribution in [0, 0.1) is 0 Å². The first kappa shape index (κ1) is 11.4. The largest absolute Gasteiger partial charge is 0.491 e. The highest BCUT2D eigenvalue weighted by atomic mass is 16.5. The van der Waals surface area contributed by atoms with Crippen LogP contribution in [-0.2, 0) is 11.2 Å². The van der Waals surface area contributed by atoms with Gasteiger partial charge in [-0.25, -0.2) is 0 Å². The molecule has 2 rings (SSSR count). The molecule has 0 bridgehead atoms. The van der Waals surface area contributed by atoms with Gasteiger partial charge in [0.05, 0.1) is 25.4 Å². The number of nitrogens with two attached hydrogens (primary N) is 1. The van der Waals surface area contributed by atoms with E-state index in [1.807, 2.05) is 19.9 Å². The summed E-state index contributed by atoms with van der Waals surface area (Å²) in [6.45, 7) is 5.40. The number of rotatable bonds is 2. The van der Waals surface area contributed by atoms with Crippen LogP contribution in [0.15, 0.2) is 18.2 Å². The van der Waals surface area contributed by atoms with Crippen LogP contribution in [0.3, 0.4) is 0 Å². The summed E-state index contributed by atoms with van der Waals surface area (Å²) >= 11 is 0. The lowest BCUT2D eigenvalue weighted by Crippen LogP contribution is -2.16. The Morgan fingerprint density at radius 3 is 3.00 bits per heavy atom. The molecule has 1 aliphatic heterocycles. The minimum absolute atomic E-state index is 0.0341. The van der Waals surface area contributed by atoms with Gasteiger partial charge in [-0.1, -0.05) is 6.07 Å². The van der Waals surface area contributed by atoms with E-state index in [0.717, 1.165) is 24.3 Å². The zero-order chi connectivity index (χ0) is 11.5. The Hall–Kier alpha value is -1.06. The van der Waals surface area contributed by atoms with Gasteiger partial charge in [-0.3, -0.25) is 0 Å². The van der Waals surface area contributed by atoms with Crippen LogP contribution >= 0.6 is 0 Å². The van der Waals surface area contributed by atoms with E-state index < -0.39 is 0 Å². The molecule has 0 fully saturated rings. The molecule has 0 spiro atoms. The summed E-state index contributed by atoms with van der Waals surface area (Å²) in [5.74, 6) is 0.895. The van der Waals surface area contributed by atoms with Gasteiger partial charge >= 0.3 is 0 Å². The molecule has 3 nitrogen and oxygen atoms in total. The fraction of sp³-hybridized carbons (Fsp3) is 0.538. The lowest BCUT2D eigenvalue weighted by molar-refractivity contribution is 0.131. The second-order valence-electron chi connectivity index (χ2n) is 4.46. The first-order chi connectivity index (χ1) is 7.66. The molecule has 1 atom stereocenters. The van der Waals surface area contributed by atoms with Crippen molar-refractivity contribution in [1.82, 2.24) is 0 Å². The summed E-state index contributed by atoms with van der Waals surface area (Å²) in [6.07, 6.45) is 1.13. The number of benzene rings is 1. The van der Waals surface area contributed by atoms with Gasteiger partial charge in [0.25, 0.3) is 0 Å². The molecule has 1 heterocycles. The van der Waals surface area contributed by atoms with Crippen LogP contribution in [0.25, 0.3) is 0 Å². The molecule has 0 aliphatic carbocycles. The maximum absolute atomic E-state index is 6.07. The summed E-state index contributed by atoms with van der Waals surface area (Å²) < 4.78 is 11.1. The van der Waals surface area contributed by atoms with Crippen molar-refractivity contribution in [3.05, 3.63) is 29.3 Å². The van der Waals surface area contributed by atoms with Crippen molar-refractivity contribution < 1.29 is 9.47 Å². The van der Waals surface area contributed by atoms with E-state index in [1.54, 1.807) is 0 Å². The molecule has 1 unspecified atom stereocenters. The molecule has 0 amide bonds. The molecular weight excluding hydrogens is 202 g/mol. The van der Waals surface area contributed by atoms with Crippen molar-refractivity contribution in [1.29, 1.82) is 0 Å². The molecule has 2 N–H and O–H groups in total. The predicted octanol–water partition coefficient (Wildman–Crippen LogP) is 2.05. The molecule has 1 aromatic carbocycles. The van der Waals surface area contributed by atoms with Crippen molar-refractivity contribution in [3.63, 3.8) is 0 Å². The SMILES string of the molecule is CC(C)Oc1ccc2c(c1)C(N)COCC2. The van der Waals surface area contributed by atoms with Crippen molar-refractivity contribution in [2.45, 2.75) is 32.4 Å². The predicted molar refractivity (Wildman–Crippen MR) is 63.7 cm³/mol. The van der Waals surface area contributed by atoms with Crippen LogP contribution < -0.4 is 10.5 Å². The van der Waals surface area contributed by atoms with E-state index >= 15 is 0 Å². The smallest absolute Gasteiger partial charge is 0.120 e. The van der Waals surface area contributed by atoms with Gasteiger partial charge in [0.15, 0.2) is 0 Å². The van der Waals surface area contributed by atoms with Crippen LogP contribution in [-0.4, -0.2) is 19.3 Å². The van der Waals surface area contributed by atoms with E-state index in [9.17, 15) is 0 Å². The minimum atomic E-state index is -0.0341. The summed E-state index contributed by atoms with van der Waals surface area (Å²) in [4.78, 5) is 0. The highest BCUT2D eigenvalue weighted by Crippen LogP contribution is 2.26. The van der Waals surface area contributed by atoms with E-state index in [-0.39, 0.29) is 12.1 Å². The lowest BCUT2D eigenvalue weighted by Gasteiger charge is -2.15. The molecule has 0 saturated heterocycles. The molecule has 1 aromatic rings. The molecule has 0 saturated carbocycles. The molecule has 16 heavy (non-hydrogen) atoms. The molecule has 1 aliphatic rings. The zero-order valence-corrected chi connectivity index (χ0v) is 9.90. The van der Waals surface area contributed by atoms with E-state index in [0.29, 0.717) is 6.61 Å². The van der Waals surface area contributed by atoms with E-state index in [4.69, 9.17) is 15.2 Å². The van der Waals surface area contributed by atoms with Gasteiger partial charge in [-0.2, -0.15) is 0 Å². The Morgan fingerprint density at radius 2 is 2.25 bits per heavy atom. The monoisotopic (exact) mass is 221 g/mol. The van der Waals surface area contributed by atoms with Gasteiger partial charge in [-0.05, 0) is 43.5 Å². The first-order valence-electron chi connectivity index (χ1n) is 5.79. The van der Waals surface area contributed by atoms with Crippen molar-refractivity contribution >= 4 is 0 Å². The average molecular weight is 221 g/mol. The third kappa shape index (κ3) is 2.54. The van der Waals surface area contributed by atoms with E-state index in [2.05, 4.69) is 12.1 Å². The fourth-order valence-corrected chi connectivity index (χ4v) is 1.97. The maximum atomic E-state index is 6.07. The Bertz CT molecular complexity index is 363. The van der Waals surface area contributed by atoms with Gasteiger partial charge in [0.2, 0.25) is 0 Å². The summed E-state index contributed by atoms with van der Waals surface area (Å²) in [5, 5.41) is 0. The van der Waals surface area contributed by atoms with Crippen LogP contribution in [0.5, 0.6) is 5.75 Å². The zero-order valence-electron chi connectivity index (χ0n) is 9.90. The highest BCUT2D eigenvalue weighted by molar-refractivity contribution is 5.38. The van der Waals surface area contributed by atoms with Gasteiger partial charge in [-0.15, -0.1) is 0 Å². The fourth-order valence-electron chi connectivity index (χ4n) is 1.97. The molecular formula is C13H19NO2. The summed E-state index contributed by atoms with van der Waals surface area (Å²) in [6, 6.07) is 6.13. The average Bonchev–Trinajstić information content (AvgIpc) is 2.41. The number of hydrogen-bond donors (Lipinski definition) is 1. The third-order valence-electron chi connectivity index (χ3n) is 2.70. The Morgan fingerprint density at radius 1 is 1.44 bits per heavy atom. The second-order valence-corrected chi connectivity index (χ2v) is 4.46.